The Kier molecular flexibility index (Phi) is 5.23. The van der Waals surface area contributed by atoms with Crippen molar-refractivity contribution in [3.05, 3.63) is 30.3 Å². The molecule has 2 rings (SSSR count). The Morgan fingerprint density at radius 2 is 2.05 bits per heavy atom. The lowest BCUT2D eigenvalue weighted by atomic mass is 10.2. The van der Waals surface area contributed by atoms with Gasteiger partial charge in [-0.2, -0.15) is 0 Å². The third-order valence-electron chi connectivity index (χ3n) is 4.19. The van der Waals surface area contributed by atoms with Crippen molar-refractivity contribution in [3.8, 4) is 0 Å². The third kappa shape index (κ3) is 4.22. The zero-order chi connectivity index (χ0) is 13.7. The number of anilines is 1. The molecule has 1 fully saturated rings. The fraction of sp³-hybridized carbons (Fsp3) is 0.625. The van der Waals surface area contributed by atoms with Crippen LogP contribution < -0.4 is 10.2 Å². The van der Waals surface area contributed by atoms with Gasteiger partial charge in [-0.1, -0.05) is 18.2 Å². The highest BCUT2D eigenvalue weighted by Gasteiger charge is 2.25. The second-order valence-electron chi connectivity index (χ2n) is 5.79. The molecule has 1 saturated heterocycles. The summed E-state index contributed by atoms with van der Waals surface area (Å²) in [6.07, 6.45) is 2.48. The Bertz CT molecular complexity index is 356. The molecule has 1 heterocycles. The zero-order valence-corrected chi connectivity index (χ0v) is 12.5. The number of likely N-dealkylation sites (N-methyl/N-ethyl adjacent to an activating group) is 1. The number of benzene rings is 1. The Morgan fingerprint density at radius 1 is 1.32 bits per heavy atom. The van der Waals surface area contributed by atoms with E-state index < -0.39 is 0 Å². The zero-order valence-electron chi connectivity index (χ0n) is 12.5. The van der Waals surface area contributed by atoms with Crippen molar-refractivity contribution >= 4 is 5.69 Å². The second-order valence-corrected chi connectivity index (χ2v) is 5.79. The molecule has 3 heteroatoms. The van der Waals surface area contributed by atoms with Gasteiger partial charge in [-0.3, -0.25) is 0 Å². The molecule has 0 amide bonds. The number of para-hydroxylation sites is 1. The Labute approximate surface area is 117 Å². The van der Waals surface area contributed by atoms with Gasteiger partial charge in [0.25, 0.3) is 0 Å². The van der Waals surface area contributed by atoms with Crippen LogP contribution in [0.2, 0.25) is 0 Å². The van der Waals surface area contributed by atoms with Crippen LogP contribution in [-0.2, 0) is 0 Å². The summed E-state index contributed by atoms with van der Waals surface area (Å²) in [7, 11) is 4.39. The summed E-state index contributed by atoms with van der Waals surface area (Å²) in [5, 5.41) is 3.68. The van der Waals surface area contributed by atoms with Gasteiger partial charge in [0, 0.05) is 37.9 Å². The van der Waals surface area contributed by atoms with Crippen LogP contribution in [0.4, 0.5) is 5.69 Å². The minimum absolute atomic E-state index is 0.682. The highest BCUT2D eigenvalue weighted by molar-refractivity contribution is 5.44. The molecule has 1 aliphatic heterocycles. The fourth-order valence-corrected chi connectivity index (χ4v) is 2.78. The monoisotopic (exact) mass is 261 g/mol. The van der Waals surface area contributed by atoms with Crippen molar-refractivity contribution in [1.82, 2.24) is 10.2 Å². The highest BCUT2D eigenvalue weighted by Crippen LogP contribution is 2.15. The minimum Gasteiger partial charge on any atom is -0.375 e. The first-order valence-corrected chi connectivity index (χ1v) is 7.36. The molecule has 2 atom stereocenters. The van der Waals surface area contributed by atoms with E-state index in [4.69, 9.17) is 0 Å². The van der Waals surface area contributed by atoms with Crippen LogP contribution in [0.5, 0.6) is 0 Å². The molecule has 0 spiro atoms. The number of rotatable bonds is 6. The van der Waals surface area contributed by atoms with Gasteiger partial charge in [0.15, 0.2) is 0 Å². The summed E-state index contributed by atoms with van der Waals surface area (Å²) in [4.78, 5) is 4.76. The van der Waals surface area contributed by atoms with Gasteiger partial charge in [0.05, 0.1) is 0 Å². The minimum atomic E-state index is 0.682. The van der Waals surface area contributed by atoms with Gasteiger partial charge in [-0.25, -0.2) is 0 Å². The number of nitrogens with zero attached hydrogens (tertiary/aromatic N) is 2. The summed E-state index contributed by atoms with van der Waals surface area (Å²) in [5.74, 6) is 0. The predicted molar refractivity (Wildman–Crippen MR) is 82.8 cm³/mol. The molecule has 0 radical (unpaired) electrons. The molecule has 0 saturated carbocycles. The maximum Gasteiger partial charge on any atom is 0.0363 e. The predicted octanol–water partition coefficient (Wildman–Crippen LogP) is 2.20. The van der Waals surface area contributed by atoms with Crippen molar-refractivity contribution in [2.24, 2.45) is 0 Å². The first-order valence-electron chi connectivity index (χ1n) is 7.36. The lowest BCUT2D eigenvalue weighted by Crippen LogP contribution is -2.33. The SMILES string of the molecule is CC1CC(NCCCN(C)c2ccccc2)CN1C. The van der Waals surface area contributed by atoms with E-state index in [1.54, 1.807) is 0 Å². The van der Waals surface area contributed by atoms with Crippen LogP contribution >= 0.6 is 0 Å². The average Bonchev–Trinajstić information content (AvgIpc) is 2.74. The van der Waals surface area contributed by atoms with Crippen LogP contribution in [0, 0.1) is 0 Å². The Morgan fingerprint density at radius 3 is 2.68 bits per heavy atom. The van der Waals surface area contributed by atoms with Crippen LogP contribution in [-0.4, -0.2) is 50.7 Å². The second kappa shape index (κ2) is 6.92. The van der Waals surface area contributed by atoms with Crippen molar-refractivity contribution in [2.75, 3.05) is 38.6 Å². The molecule has 106 valence electrons. The molecule has 19 heavy (non-hydrogen) atoms. The first kappa shape index (κ1) is 14.4. The van der Waals surface area contributed by atoms with E-state index in [0.29, 0.717) is 6.04 Å². The van der Waals surface area contributed by atoms with Gasteiger partial charge < -0.3 is 15.1 Å². The molecular formula is C16H27N3. The van der Waals surface area contributed by atoms with E-state index in [-0.39, 0.29) is 0 Å². The normalized spacial score (nSPS) is 23.7. The van der Waals surface area contributed by atoms with Crippen LogP contribution in [0.3, 0.4) is 0 Å². The van der Waals surface area contributed by atoms with Gasteiger partial charge in [-0.15, -0.1) is 0 Å². The van der Waals surface area contributed by atoms with Gasteiger partial charge in [0.1, 0.15) is 0 Å². The standard InChI is InChI=1S/C16H27N3/c1-14-12-15(13-19(14)3)17-10-7-11-18(2)16-8-5-4-6-9-16/h4-6,8-9,14-15,17H,7,10-13H2,1-3H3. The molecule has 1 N–H and O–H groups in total. The quantitative estimate of drug-likeness (QED) is 0.792. The molecule has 3 nitrogen and oxygen atoms in total. The summed E-state index contributed by atoms with van der Waals surface area (Å²) < 4.78 is 0. The number of nitrogens with one attached hydrogen (secondary N) is 1. The molecule has 2 unspecified atom stereocenters. The molecule has 0 bridgehead atoms. The van der Waals surface area contributed by atoms with Gasteiger partial charge >= 0.3 is 0 Å². The maximum atomic E-state index is 3.68. The largest absolute Gasteiger partial charge is 0.375 e. The van der Waals surface area contributed by atoms with E-state index >= 15 is 0 Å². The van der Waals surface area contributed by atoms with Crippen molar-refractivity contribution in [3.63, 3.8) is 0 Å². The van der Waals surface area contributed by atoms with Crippen molar-refractivity contribution in [1.29, 1.82) is 0 Å². The van der Waals surface area contributed by atoms with Gasteiger partial charge in [0.2, 0.25) is 0 Å². The van der Waals surface area contributed by atoms with E-state index in [1.807, 2.05) is 0 Å². The van der Waals surface area contributed by atoms with Crippen LogP contribution in [0.15, 0.2) is 30.3 Å². The van der Waals surface area contributed by atoms with Crippen LogP contribution in [0.1, 0.15) is 19.8 Å². The van der Waals surface area contributed by atoms with E-state index in [9.17, 15) is 0 Å². The topological polar surface area (TPSA) is 18.5 Å². The summed E-state index contributed by atoms with van der Waals surface area (Å²) in [6.45, 7) is 5.72. The number of hydrogen-bond donors (Lipinski definition) is 1. The van der Waals surface area contributed by atoms with Crippen molar-refractivity contribution in [2.45, 2.75) is 31.8 Å². The van der Waals surface area contributed by atoms with Crippen LogP contribution in [0.25, 0.3) is 0 Å². The third-order valence-corrected chi connectivity index (χ3v) is 4.19. The lowest BCUT2D eigenvalue weighted by molar-refractivity contribution is 0.326. The molecule has 1 aliphatic rings. The molecular weight excluding hydrogens is 234 g/mol. The first-order chi connectivity index (χ1) is 9.16. The van der Waals surface area contributed by atoms with E-state index in [2.05, 4.69) is 66.5 Å². The Balaban J connectivity index is 1.62. The average molecular weight is 261 g/mol. The summed E-state index contributed by atoms with van der Waals surface area (Å²) >= 11 is 0. The summed E-state index contributed by atoms with van der Waals surface area (Å²) in [5.41, 5.74) is 1.30. The van der Waals surface area contributed by atoms with E-state index in [1.165, 1.54) is 25.1 Å². The maximum absolute atomic E-state index is 3.68. The molecule has 0 aromatic heterocycles. The fourth-order valence-electron chi connectivity index (χ4n) is 2.78. The number of hydrogen-bond acceptors (Lipinski definition) is 3. The van der Waals surface area contributed by atoms with Gasteiger partial charge in [-0.05, 0) is 45.5 Å². The van der Waals surface area contributed by atoms with E-state index in [0.717, 1.165) is 19.1 Å². The lowest BCUT2D eigenvalue weighted by Gasteiger charge is -2.20. The van der Waals surface area contributed by atoms with Crippen molar-refractivity contribution < 1.29 is 0 Å². The smallest absolute Gasteiger partial charge is 0.0363 e. The molecule has 1 aromatic carbocycles. The highest BCUT2D eigenvalue weighted by atomic mass is 15.2. The Hall–Kier alpha value is -1.06. The number of likely N-dealkylation sites (tertiary alicyclic amines) is 1. The summed E-state index contributed by atoms with van der Waals surface area (Å²) in [6, 6.07) is 12.0. The molecule has 0 aliphatic carbocycles. The molecule has 1 aromatic rings.